The number of carbonyl (C=O) groups is 3. The lowest BCUT2D eigenvalue weighted by atomic mass is 9.84. The predicted octanol–water partition coefficient (Wildman–Crippen LogP) is 3.02. The SMILES string of the molecule is CNC(=O)[C@H](Cc1ccccc1)NC(=O)C(CC(C)C)C(CSc1ccccc1)C(N)=O. The van der Waals surface area contributed by atoms with E-state index in [0.717, 1.165) is 10.5 Å². The minimum absolute atomic E-state index is 0.182. The molecule has 0 spiro atoms. The van der Waals surface area contributed by atoms with Crippen molar-refractivity contribution in [2.75, 3.05) is 12.8 Å². The normalized spacial score (nSPS) is 13.8. The third-order valence-corrected chi connectivity index (χ3v) is 6.38. The molecule has 2 aromatic rings. The Kier molecular flexibility index (Phi) is 10.3. The van der Waals surface area contributed by atoms with Crippen LogP contribution in [0.1, 0.15) is 25.8 Å². The Hall–Kier alpha value is -2.80. The Morgan fingerprint density at radius 1 is 0.906 bits per heavy atom. The standard InChI is InChI=1S/C25H33N3O3S/c1-17(2)14-20(21(23(26)29)16-32-19-12-8-5-9-13-19)24(30)28-22(25(31)27-3)15-18-10-6-4-7-11-18/h4-13,17,20-22H,14-16H2,1-3H3,(H2,26,29)(H,27,31)(H,28,30)/t20?,21?,22-/m0/s1. The lowest BCUT2D eigenvalue weighted by Gasteiger charge is -2.27. The molecule has 2 aromatic carbocycles. The molecule has 172 valence electrons. The van der Waals surface area contributed by atoms with Crippen LogP contribution in [-0.4, -0.2) is 36.6 Å². The fourth-order valence-electron chi connectivity index (χ4n) is 3.57. The minimum atomic E-state index is -0.736. The number of amides is 3. The molecular weight excluding hydrogens is 422 g/mol. The van der Waals surface area contributed by atoms with Gasteiger partial charge >= 0.3 is 0 Å². The van der Waals surface area contributed by atoms with Gasteiger partial charge in [-0.3, -0.25) is 14.4 Å². The van der Waals surface area contributed by atoms with Gasteiger partial charge in [-0.2, -0.15) is 0 Å². The second-order valence-electron chi connectivity index (χ2n) is 8.23. The van der Waals surface area contributed by atoms with E-state index in [2.05, 4.69) is 10.6 Å². The highest BCUT2D eigenvalue weighted by Gasteiger charge is 2.35. The summed E-state index contributed by atoms with van der Waals surface area (Å²) < 4.78 is 0. The zero-order valence-corrected chi connectivity index (χ0v) is 19.7. The zero-order valence-electron chi connectivity index (χ0n) is 18.9. The molecule has 3 atom stereocenters. The number of hydrogen-bond acceptors (Lipinski definition) is 4. The number of primary amides is 1. The number of carbonyl (C=O) groups excluding carboxylic acids is 3. The summed E-state index contributed by atoms with van der Waals surface area (Å²) in [6, 6.07) is 18.5. The van der Waals surface area contributed by atoms with E-state index in [1.165, 1.54) is 11.8 Å². The average Bonchev–Trinajstić information content (AvgIpc) is 2.78. The molecule has 4 N–H and O–H groups in total. The highest BCUT2D eigenvalue weighted by Crippen LogP contribution is 2.28. The van der Waals surface area contributed by atoms with Crippen molar-refractivity contribution < 1.29 is 14.4 Å². The highest BCUT2D eigenvalue weighted by molar-refractivity contribution is 7.99. The van der Waals surface area contributed by atoms with Crippen LogP contribution in [0.15, 0.2) is 65.6 Å². The summed E-state index contributed by atoms with van der Waals surface area (Å²) in [7, 11) is 1.54. The molecule has 0 saturated heterocycles. The lowest BCUT2D eigenvalue weighted by molar-refractivity contribution is -0.135. The highest BCUT2D eigenvalue weighted by atomic mass is 32.2. The number of nitrogens with one attached hydrogen (secondary N) is 2. The van der Waals surface area contributed by atoms with Gasteiger partial charge in [0.25, 0.3) is 0 Å². The van der Waals surface area contributed by atoms with E-state index >= 15 is 0 Å². The molecule has 0 saturated carbocycles. The van der Waals surface area contributed by atoms with Gasteiger partial charge in [-0.25, -0.2) is 0 Å². The molecule has 0 fully saturated rings. The second-order valence-corrected chi connectivity index (χ2v) is 9.33. The van der Waals surface area contributed by atoms with Crippen molar-refractivity contribution in [3.8, 4) is 0 Å². The average molecular weight is 456 g/mol. The quantitative estimate of drug-likeness (QED) is 0.428. The maximum atomic E-state index is 13.3. The van der Waals surface area contributed by atoms with Crippen LogP contribution in [0.4, 0.5) is 0 Å². The molecule has 0 aliphatic rings. The van der Waals surface area contributed by atoms with Crippen molar-refractivity contribution in [2.24, 2.45) is 23.5 Å². The number of likely N-dealkylation sites (N-methyl/N-ethyl adjacent to an activating group) is 1. The van der Waals surface area contributed by atoms with Gasteiger partial charge in [-0.15, -0.1) is 11.8 Å². The molecule has 0 heterocycles. The van der Waals surface area contributed by atoms with E-state index in [1.54, 1.807) is 7.05 Å². The van der Waals surface area contributed by atoms with Crippen molar-refractivity contribution in [2.45, 2.75) is 37.6 Å². The molecule has 32 heavy (non-hydrogen) atoms. The van der Waals surface area contributed by atoms with Crippen LogP contribution in [0.25, 0.3) is 0 Å². The van der Waals surface area contributed by atoms with Crippen LogP contribution >= 0.6 is 11.8 Å². The monoisotopic (exact) mass is 455 g/mol. The summed E-state index contributed by atoms with van der Waals surface area (Å²) in [5.74, 6) is -1.79. The maximum absolute atomic E-state index is 13.3. The van der Waals surface area contributed by atoms with E-state index in [0.29, 0.717) is 18.6 Å². The lowest BCUT2D eigenvalue weighted by Crippen LogP contribution is -2.51. The van der Waals surface area contributed by atoms with Gasteiger partial charge in [-0.05, 0) is 30.0 Å². The first-order valence-electron chi connectivity index (χ1n) is 10.8. The number of hydrogen-bond donors (Lipinski definition) is 3. The first kappa shape index (κ1) is 25.5. The molecule has 0 radical (unpaired) electrons. The van der Waals surface area contributed by atoms with Crippen LogP contribution in [0.2, 0.25) is 0 Å². The Labute approximate surface area is 194 Å². The fraction of sp³-hybridized carbons (Fsp3) is 0.400. The van der Waals surface area contributed by atoms with E-state index in [1.807, 2.05) is 74.5 Å². The Morgan fingerprint density at radius 2 is 1.50 bits per heavy atom. The molecule has 6 nitrogen and oxygen atoms in total. The zero-order chi connectivity index (χ0) is 23.5. The number of nitrogens with two attached hydrogens (primary N) is 1. The first-order valence-corrected chi connectivity index (χ1v) is 11.8. The molecule has 2 unspecified atom stereocenters. The van der Waals surface area contributed by atoms with E-state index in [-0.39, 0.29) is 17.7 Å². The van der Waals surface area contributed by atoms with Gasteiger partial charge in [0.2, 0.25) is 17.7 Å². The van der Waals surface area contributed by atoms with Gasteiger partial charge in [0, 0.05) is 24.1 Å². The second kappa shape index (κ2) is 12.9. The molecule has 2 rings (SSSR count). The third-order valence-electron chi connectivity index (χ3n) is 5.25. The largest absolute Gasteiger partial charge is 0.369 e. The molecule has 0 bridgehead atoms. The van der Waals surface area contributed by atoms with Crippen LogP contribution in [0.3, 0.4) is 0 Å². The number of rotatable bonds is 12. The first-order chi connectivity index (χ1) is 15.3. The number of benzene rings is 2. The molecule has 0 aliphatic carbocycles. The summed E-state index contributed by atoms with van der Waals surface area (Å²) in [6.07, 6.45) is 0.862. The Bertz CT molecular complexity index is 875. The summed E-state index contributed by atoms with van der Waals surface area (Å²) in [5.41, 5.74) is 6.68. The van der Waals surface area contributed by atoms with Crippen LogP contribution in [0, 0.1) is 17.8 Å². The van der Waals surface area contributed by atoms with Crippen molar-refractivity contribution in [1.29, 1.82) is 0 Å². The topological polar surface area (TPSA) is 101 Å². The summed E-state index contributed by atoms with van der Waals surface area (Å²) >= 11 is 1.50. The fourth-order valence-corrected chi connectivity index (χ4v) is 4.69. The number of thioether (sulfide) groups is 1. The third kappa shape index (κ3) is 8.04. The van der Waals surface area contributed by atoms with Crippen molar-refractivity contribution >= 4 is 29.5 Å². The van der Waals surface area contributed by atoms with Crippen molar-refractivity contribution in [3.63, 3.8) is 0 Å². The summed E-state index contributed by atoms with van der Waals surface area (Å²) in [4.78, 5) is 39.2. The Morgan fingerprint density at radius 3 is 2.03 bits per heavy atom. The van der Waals surface area contributed by atoms with Crippen LogP contribution in [-0.2, 0) is 20.8 Å². The maximum Gasteiger partial charge on any atom is 0.242 e. The van der Waals surface area contributed by atoms with E-state index in [4.69, 9.17) is 5.73 Å². The molecular formula is C25H33N3O3S. The molecule has 0 aromatic heterocycles. The van der Waals surface area contributed by atoms with Crippen LogP contribution < -0.4 is 16.4 Å². The Balaban J connectivity index is 2.20. The van der Waals surface area contributed by atoms with Gasteiger partial charge in [0.1, 0.15) is 6.04 Å². The van der Waals surface area contributed by atoms with Crippen LogP contribution in [0.5, 0.6) is 0 Å². The minimum Gasteiger partial charge on any atom is -0.369 e. The van der Waals surface area contributed by atoms with E-state index in [9.17, 15) is 14.4 Å². The molecule has 3 amide bonds. The van der Waals surface area contributed by atoms with Gasteiger partial charge in [0.05, 0.1) is 11.8 Å². The smallest absolute Gasteiger partial charge is 0.242 e. The van der Waals surface area contributed by atoms with Gasteiger partial charge in [-0.1, -0.05) is 62.4 Å². The van der Waals surface area contributed by atoms with Gasteiger partial charge < -0.3 is 16.4 Å². The summed E-state index contributed by atoms with van der Waals surface area (Å²) in [6.45, 7) is 4.01. The van der Waals surface area contributed by atoms with Crippen molar-refractivity contribution in [3.05, 3.63) is 66.2 Å². The van der Waals surface area contributed by atoms with Crippen molar-refractivity contribution in [1.82, 2.24) is 10.6 Å². The van der Waals surface area contributed by atoms with Gasteiger partial charge in [0.15, 0.2) is 0 Å². The molecule has 7 heteroatoms. The molecule has 0 aliphatic heterocycles. The predicted molar refractivity (Wildman–Crippen MR) is 129 cm³/mol. The van der Waals surface area contributed by atoms with E-state index < -0.39 is 23.8 Å². The summed E-state index contributed by atoms with van der Waals surface area (Å²) in [5, 5.41) is 5.51.